The molecular formula is C13H20N2O3S. The molecule has 0 bridgehead atoms. The van der Waals surface area contributed by atoms with Crippen LogP contribution < -0.4 is 14.8 Å². The van der Waals surface area contributed by atoms with Gasteiger partial charge >= 0.3 is 0 Å². The first-order valence-electron chi connectivity index (χ1n) is 6.02. The first-order chi connectivity index (χ1) is 9.07. The van der Waals surface area contributed by atoms with Crippen molar-refractivity contribution in [3.63, 3.8) is 0 Å². The molecule has 0 aromatic heterocycles. The van der Waals surface area contributed by atoms with Crippen LogP contribution in [0, 0.1) is 0 Å². The summed E-state index contributed by atoms with van der Waals surface area (Å²) in [5.41, 5.74) is 1.08. The Morgan fingerprint density at radius 3 is 2.58 bits per heavy atom. The second-order valence-electron chi connectivity index (χ2n) is 3.94. The quantitative estimate of drug-likeness (QED) is 0.522. The van der Waals surface area contributed by atoms with Crippen molar-refractivity contribution in [2.75, 3.05) is 26.0 Å². The molecular weight excluding hydrogens is 264 g/mol. The van der Waals surface area contributed by atoms with Gasteiger partial charge < -0.3 is 10.1 Å². The Morgan fingerprint density at radius 1 is 1.32 bits per heavy atom. The van der Waals surface area contributed by atoms with Crippen molar-refractivity contribution in [1.29, 1.82) is 0 Å². The van der Waals surface area contributed by atoms with Gasteiger partial charge in [-0.1, -0.05) is 24.8 Å². The SMILES string of the molecule is C=CCOc1ccc(CNCCS(=O)(=O)NC)cc1. The minimum Gasteiger partial charge on any atom is -0.490 e. The Bertz CT molecular complexity index is 483. The van der Waals surface area contributed by atoms with Gasteiger partial charge in [0, 0.05) is 13.1 Å². The van der Waals surface area contributed by atoms with Gasteiger partial charge in [-0.2, -0.15) is 0 Å². The Hall–Kier alpha value is -1.37. The molecule has 0 saturated heterocycles. The molecule has 0 unspecified atom stereocenters. The van der Waals surface area contributed by atoms with Crippen molar-refractivity contribution in [1.82, 2.24) is 10.0 Å². The second kappa shape index (κ2) is 7.93. The van der Waals surface area contributed by atoms with Crippen LogP contribution in [0.3, 0.4) is 0 Å². The van der Waals surface area contributed by atoms with Crippen molar-refractivity contribution in [2.24, 2.45) is 0 Å². The maximum atomic E-state index is 11.2. The van der Waals surface area contributed by atoms with E-state index in [0.29, 0.717) is 19.7 Å². The van der Waals surface area contributed by atoms with Crippen molar-refractivity contribution in [3.8, 4) is 5.75 Å². The van der Waals surface area contributed by atoms with Crippen LogP contribution in [-0.4, -0.2) is 34.4 Å². The highest BCUT2D eigenvalue weighted by atomic mass is 32.2. The topological polar surface area (TPSA) is 67.4 Å². The summed E-state index contributed by atoms with van der Waals surface area (Å²) in [6.07, 6.45) is 1.69. The van der Waals surface area contributed by atoms with E-state index in [1.807, 2.05) is 24.3 Å². The lowest BCUT2D eigenvalue weighted by atomic mass is 10.2. The molecule has 0 radical (unpaired) electrons. The molecule has 0 heterocycles. The molecule has 0 saturated carbocycles. The van der Waals surface area contributed by atoms with Crippen LogP contribution >= 0.6 is 0 Å². The number of hydrogen-bond donors (Lipinski definition) is 2. The van der Waals surface area contributed by atoms with E-state index >= 15 is 0 Å². The monoisotopic (exact) mass is 284 g/mol. The molecule has 106 valence electrons. The molecule has 0 aliphatic rings. The van der Waals surface area contributed by atoms with Gasteiger partial charge in [0.25, 0.3) is 0 Å². The number of ether oxygens (including phenoxy) is 1. The zero-order chi connectivity index (χ0) is 14.1. The summed E-state index contributed by atoms with van der Waals surface area (Å²) in [5.74, 6) is 0.866. The predicted octanol–water partition coefficient (Wildman–Crippen LogP) is 0.890. The standard InChI is InChI=1S/C13H20N2O3S/c1-3-9-18-13-6-4-12(5-7-13)11-15-8-10-19(16,17)14-2/h3-7,14-15H,1,8-11H2,2H3. The maximum Gasteiger partial charge on any atom is 0.212 e. The Kier molecular flexibility index (Phi) is 6.55. The highest BCUT2D eigenvalue weighted by molar-refractivity contribution is 7.89. The normalized spacial score (nSPS) is 11.2. The summed E-state index contributed by atoms with van der Waals surface area (Å²) in [4.78, 5) is 0. The fourth-order valence-electron chi connectivity index (χ4n) is 1.40. The van der Waals surface area contributed by atoms with Crippen LogP contribution in [0.1, 0.15) is 5.56 Å². The zero-order valence-corrected chi connectivity index (χ0v) is 11.9. The number of sulfonamides is 1. The molecule has 19 heavy (non-hydrogen) atoms. The number of benzene rings is 1. The lowest BCUT2D eigenvalue weighted by Crippen LogP contribution is -2.29. The zero-order valence-electron chi connectivity index (χ0n) is 11.1. The minimum atomic E-state index is -3.13. The molecule has 6 heteroatoms. The van der Waals surface area contributed by atoms with Crippen LogP contribution in [0.4, 0.5) is 0 Å². The van der Waals surface area contributed by atoms with E-state index in [4.69, 9.17) is 4.74 Å². The first kappa shape index (κ1) is 15.7. The van der Waals surface area contributed by atoms with Crippen LogP contribution in [0.2, 0.25) is 0 Å². The van der Waals surface area contributed by atoms with E-state index in [9.17, 15) is 8.42 Å². The molecule has 1 rings (SSSR count). The van der Waals surface area contributed by atoms with Gasteiger partial charge in [-0.05, 0) is 24.7 Å². The molecule has 0 amide bonds. The van der Waals surface area contributed by atoms with E-state index < -0.39 is 10.0 Å². The average Bonchev–Trinajstić information content (AvgIpc) is 2.42. The Labute approximate surface area is 114 Å². The Morgan fingerprint density at radius 2 is 2.00 bits per heavy atom. The molecule has 1 aromatic carbocycles. The summed E-state index contributed by atoms with van der Waals surface area (Å²) < 4.78 is 30.0. The first-order valence-corrected chi connectivity index (χ1v) is 7.67. The van der Waals surface area contributed by atoms with Crippen LogP contribution in [-0.2, 0) is 16.6 Å². The van der Waals surface area contributed by atoms with Crippen molar-refractivity contribution in [2.45, 2.75) is 6.54 Å². The van der Waals surface area contributed by atoms with Crippen LogP contribution in [0.25, 0.3) is 0 Å². The predicted molar refractivity (Wildman–Crippen MR) is 76.7 cm³/mol. The van der Waals surface area contributed by atoms with E-state index in [-0.39, 0.29) is 5.75 Å². The minimum absolute atomic E-state index is 0.0734. The molecule has 0 fully saturated rings. The van der Waals surface area contributed by atoms with Gasteiger partial charge in [-0.3, -0.25) is 0 Å². The molecule has 5 nitrogen and oxygen atoms in total. The van der Waals surface area contributed by atoms with Gasteiger partial charge in [0.05, 0.1) is 5.75 Å². The van der Waals surface area contributed by atoms with Crippen molar-refractivity contribution in [3.05, 3.63) is 42.5 Å². The van der Waals surface area contributed by atoms with E-state index in [2.05, 4.69) is 16.6 Å². The lowest BCUT2D eigenvalue weighted by Gasteiger charge is -2.07. The van der Waals surface area contributed by atoms with E-state index in [0.717, 1.165) is 11.3 Å². The lowest BCUT2D eigenvalue weighted by molar-refractivity contribution is 0.363. The number of rotatable bonds is 9. The fourth-order valence-corrected chi connectivity index (χ4v) is 2.02. The van der Waals surface area contributed by atoms with E-state index in [1.54, 1.807) is 6.08 Å². The van der Waals surface area contributed by atoms with Gasteiger partial charge in [0.15, 0.2) is 0 Å². The van der Waals surface area contributed by atoms with Crippen LogP contribution in [0.15, 0.2) is 36.9 Å². The third-order valence-electron chi connectivity index (χ3n) is 2.48. The second-order valence-corrected chi connectivity index (χ2v) is 5.99. The van der Waals surface area contributed by atoms with Gasteiger partial charge in [0.1, 0.15) is 12.4 Å². The summed E-state index contributed by atoms with van der Waals surface area (Å²) in [6, 6.07) is 7.64. The third-order valence-corrected chi connectivity index (χ3v) is 3.84. The molecule has 0 aliphatic carbocycles. The third kappa shape index (κ3) is 6.37. The number of hydrogen-bond acceptors (Lipinski definition) is 4. The summed E-state index contributed by atoms with van der Waals surface area (Å²) in [6.45, 7) is 5.11. The molecule has 1 aromatic rings. The van der Waals surface area contributed by atoms with Gasteiger partial charge in [-0.25, -0.2) is 13.1 Å². The Balaban J connectivity index is 2.32. The summed E-state index contributed by atoms with van der Waals surface area (Å²) >= 11 is 0. The average molecular weight is 284 g/mol. The summed E-state index contributed by atoms with van der Waals surface area (Å²) in [5, 5.41) is 3.08. The highest BCUT2D eigenvalue weighted by Gasteiger charge is 2.05. The van der Waals surface area contributed by atoms with Crippen molar-refractivity contribution >= 4 is 10.0 Å². The van der Waals surface area contributed by atoms with Gasteiger partial charge in [0.2, 0.25) is 10.0 Å². The number of nitrogens with one attached hydrogen (secondary N) is 2. The van der Waals surface area contributed by atoms with Crippen molar-refractivity contribution < 1.29 is 13.2 Å². The smallest absolute Gasteiger partial charge is 0.212 e. The van der Waals surface area contributed by atoms with Crippen LogP contribution in [0.5, 0.6) is 5.75 Å². The molecule has 0 spiro atoms. The fraction of sp³-hybridized carbons (Fsp3) is 0.385. The molecule has 2 N–H and O–H groups in total. The largest absolute Gasteiger partial charge is 0.490 e. The van der Waals surface area contributed by atoms with Gasteiger partial charge in [-0.15, -0.1) is 0 Å². The molecule has 0 aliphatic heterocycles. The maximum absolute atomic E-state index is 11.2. The highest BCUT2D eigenvalue weighted by Crippen LogP contribution is 2.11. The van der Waals surface area contributed by atoms with E-state index in [1.165, 1.54) is 7.05 Å². The molecule has 0 atom stereocenters. The summed E-state index contributed by atoms with van der Waals surface area (Å²) in [7, 11) is -1.72.